The zero-order valence-corrected chi connectivity index (χ0v) is 12.5. The van der Waals surface area contributed by atoms with Gasteiger partial charge in [0.05, 0.1) is 5.56 Å². The maximum absolute atomic E-state index is 12.3. The number of rotatable bonds is 3. The third kappa shape index (κ3) is 2.76. The highest BCUT2D eigenvalue weighted by molar-refractivity contribution is 8.00. The number of aromatic nitrogens is 1. The zero-order valence-electron chi connectivity index (χ0n) is 10.9. The molecule has 3 nitrogen and oxygen atoms in total. The first-order valence-corrected chi connectivity index (χ1v) is 8.11. The number of benzene rings is 1. The molecule has 1 fully saturated rings. The Morgan fingerprint density at radius 3 is 2.95 bits per heavy atom. The summed E-state index contributed by atoms with van der Waals surface area (Å²) in [6, 6.07) is 7.59. The molecular weight excluding hydrogens is 292 g/mol. The van der Waals surface area contributed by atoms with Gasteiger partial charge in [-0.05, 0) is 24.0 Å². The topological polar surface area (TPSA) is 42.0 Å². The Balaban J connectivity index is 1.82. The van der Waals surface area contributed by atoms with E-state index in [1.807, 2.05) is 36.0 Å². The second-order valence-electron chi connectivity index (χ2n) is 4.85. The molecule has 1 unspecified atom stereocenters. The Morgan fingerprint density at radius 2 is 2.20 bits per heavy atom. The van der Waals surface area contributed by atoms with Crippen LogP contribution < -0.4 is 5.32 Å². The Hall–Kier alpha value is -1.26. The zero-order chi connectivity index (χ0) is 13.9. The van der Waals surface area contributed by atoms with Gasteiger partial charge in [0.15, 0.2) is 0 Å². The Labute approximate surface area is 127 Å². The molecule has 0 bridgehead atoms. The number of carbonyl (C=O) groups excluding carboxylic acids is 1. The van der Waals surface area contributed by atoms with E-state index in [1.54, 1.807) is 6.20 Å². The highest BCUT2D eigenvalue weighted by atomic mass is 35.5. The van der Waals surface area contributed by atoms with Gasteiger partial charge in [-0.3, -0.25) is 4.79 Å². The van der Waals surface area contributed by atoms with E-state index in [9.17, 15) is 4.79 Å². The molecule has 2 aromatic rings. The van der Waals surface area contributed by atoms with Crippen LogP contribution in [0.15, 0.2) is 30.5 Å². The maximum atomic E-state index is 12.3. The summed E-state index contributed by atoms with van der Waals surface area (Å²) >= 11 is 8.00. The van der Waals surface area contributed by atoms with Crippen LogP contribution in [0.25, 0.3) is 10.8 Å². The van der Waals surface area contributed by atoms with Gasteiger partial charge in [0, 0.05) is 23.4 Å². The van der Waals surface area contributed by atoms with Crippen LogP contribution in [0.5, 0.6) is 0 Å². The molecule has 0 aliphatic carbocycles. The van der Waals surface area contributed by atoms with E-state index in [4.69, 9.17) is 11.6 Å². The Morgan fingerprint density at radius 1 is 1.40 bits per heavy atom. The lowest BCUT2D eigenvalue weighted by molar-refractivity contribution is 0.0955. The minimum absolute atomic E-state index is 0.0714. The molecular formula is C15H15ClN2OS. The average Bonchev–Trinajstić information content (AvgIpc) is 2.99. The smallest absolute Gasteiger partial charge is 0.253 e. The second-order valence-corrected chi connectivity index (χ2v) is 6.62. The minimum Gasteiger partial charge on any atom is -0.351 e. The van der Waals surface area contributed by atoms with Crippen LogP contribution in [-0.4, -0.2) is 28.4 Å². The summed E-state index contributed by atoms with van der Waals surface area (Å²) in [5, 5.41) is 5.66. The van der Waals surface area contributed by atoms with Crippen molar-refractivity contribution in [3.05, 3.63) is 41.2 Å². The summed E-state index contributed by atoms with van der Waals surface area (Å²) in [7, 11) is 0. The Kier molecular flexibility index (Phi) is 4.13. The second kappa shape index (κ2) is 6.02. The van der Waals surface area contributed by atoms with E-state index in [1.165, 1.54) is 18.6 Å². The van der Waals surface area contributed by atoms with Gasteiger partial charge < -0.3 is 5.32 Å². The number of amides is 1. The molecule has 1 aromatic carbocycles. The lowest BCUT2D eigenvalue weighted by Crippen LogP contribution is -2.29. The molecule has 1 saturated heterocycles. The number of thioether (sulfide) groups is 1. The molecule has 0 spiro atoms. The monoisotopic (exact) mass is 306 g/mol. The molecule has 1 aliphatic rings. The van der Waals surface area contributed by atoms with E-state index in [0.717, 1.165) is 17.3 Å². The largest absolute Gasteiger partial charge is 0.351 e. The molecule has 1 aromatic heterocycles. The van der Waals surface area contributed by atoms with Crippen LogP contribution in [-0.2, 0) is 0 Å². The quantitative estimate of drug-likeness (QED) is 0.882. The fourth-order valence-corrected chi connectivity index (χ4v) is 3.86. The van der Waals surface area contributed by atoms with E-state index >= 15 is 0 Å². The van der Waals surface area contributed by atoms with E-state index in [0.29, 0.717) is 16.0 Å². The van der Waals surface area contributed by atoms with Gasteiger partial charge in [-0.2, -0.15) is 11.8 Å². The summed E-state index contributed by atoms with van der Waals surface area (Å²) < 4.78 is 0. The standard InChI is InChI=1S/C15H15ClN2OS/c16-14-12-6-2-1-5-11(12)13(9-17-14)15(19)18-8-10-4-3-7-20-10/h1-2,5-6,9-10H,3-4,7-8H2,(H,18,19). The first-order chi connectivity index (χ1) is 9.75. The number of hydrogen-bond donors (Lipinski definition) is 1. The summed E-state index contributed by atoms with van der Waals surface area (Å²) in [5.41, 5.74) is 0.591. The van der Waals surface area contributed by atoms with Gasteiger partial charge in [0.2, 0.25) is 0 Å². The summed E-state index contributed by atoms with van der Waals surface area (Å²) in [5.74, 6) is 1.13. The first-order valence-electron chi connectivity index (χ1n) is 6.69. The highest BCUT2D eigenvalue weighted by Crippen LogP contribution is 2.26. The van der Waals surface area contributed by atoms with E-state index < -0.39 is 0 Å². The van der Waals surface area contributed by atoms with Crippen LogP contribution in [0, 0.1) is 0 Å². The van der Waals surface area contributed by atoms with Crippen molar-refractivity contribution in [1.29, 1.82) is 0 Å². The fourth-order valence-electron chi connectivity index (χ4n) is 2.45. The van der Waals surface area contributed by atoms with Crippen LogP contribution >= 0.6 is 23.4 Å². The van der Waals surface area contributed by atoms with Gasteiger partial charge >= 0.3 is 0 Å². The minimum atomic E-state index is -0.0714. The fraction of sp³-hybridized carbons (Fsp3) is 0.333. The third-order valence-electron chi connectivity index (χ3n) is 3.51. The number of nitrogens with zero attached hydrogens (tertiary/aromatic N) is 1. The highest BCUT2D eigenvalue weighted by Gasteiger charge is 2.18. The molecule has 1 atom stereocenters. The third-order valence-corrected chi connectivity index (χ3v) is 5.20. The van der Waals surface area contributed by atoms with Gasteiger partial charge in [0.1, 0.15) is 5.15 Å². The Bertz CT molecular complexity index is 641. The van der Waals surface area contributed by atoms with Crippen molar-refractivity contribution in [2.75, 3.05) is 12.3 Å². The lowest BCUT2D eigenvalue weighted by Gasteiger charge is -2.11. The number of carbonyl (C=O) groups is 1. The predicted molar refractivity (Wildman–Crippen MR) is 84.6 cm³/mol. The number of halogens is 1. The molecule has 3 rings (SSSR count). The van der Waals surface area contributed by atoms with Crippen molar-refractivity contribution in [1.82, 2.24) is 10.3 Å². The predicted octanol–water partition coefficient (Wildman–Crippen LogP) is 3.51. The van der Waals surface area contributed by atoms with Crippen LogP contribution in [0.4, 0.5) is 0 Å². The lowest BCUT2D eigenvalue weighted by atomic mass is 10.1. The molecule has 1 N–H and O–H groups in total. The SMILES string of the molecule is O=C(NCC1CCCS1)c1cnc(Cl)c2ccccc12. The van der Waals surface area contributed by atoms with Crippen LogP contribution in [0.1, 0.15) is 23.2 Å². The molecule has 0 saturated carbocycles. The number of hydrogen-bond acceptors (Lipinski definition) is 3. The van der Waals surface area contributed by atoms with Gasteiger partial charge in [-0.1, -0.05) is 35.9 Å². The van der Waals surface area contributed by atoms with Crippen molar-refractivity contribution in [2.45, 2.75) is 18.1 Å². The normalized spacial score (nSPS) is 18.4. The van der Waals surface area contributed by atoms with Gasteiger partial charge in [-0.25, -0.2) is 4.98 Å². The number of pyridine rings is 1. The molecule has 0 radical (unpaired) electrons. The number of fused-ring (bicyclic) bond motifs is 1. The molecule has 1 aliphatic heterocycles. The average molecular weight is 307 g/mol. The van der Waals surface area contributed by atoms with Crippen molar-refractivity contribution in [2.24, 2.45) is 0 Å². The van der Waals surface area contributed by atoms with Crippen molar-refractivity contribution >= 4 is 40.0 Å². The summed E-state index contributed by atoms with van der Waals surface area (Å²) in [6.45, 7) is 0.723. The van der Waals surface area contributed by atoms with Gasteiger partial charge in [-0.15, -0.1) is 0 Å². The molecule has 1 amide bonds. The summed E-state index contributed by atoms with van der Waals surface area (Å²) in [4.78, 5) is 16.4. The van der Waals surface area contributed by atoms with Gasteiger partial charge in [0.25, 0.3) is 5.91 Å². The molecule has 5 heteroatoms. The van der Waals surface area contributed by atoms with E-state index in [-0.39, 0.29) is 5.91 Å². The van der Waals surface area contributed by atoms with Crippen LogP contribution in [0.3, 0.4) is 0 Å². The molecule has 20 heavy (non-hydrogen) atoms. The van der Waals surface area contributed by atoms with E-state index in [2.05, 4.69) is 10.3 Å². The van der Waals surface area contributed by atoms with Crippen molar-refractivity contribution in [3.8, 4) is 0 Å². The molecule has 104 valence electrons. The summed E-state index contributed by atoms with van der Waals surface area (Å²) in [6.07, 6.45) is 3.99. The van der Waals surface area contributed by atoms with Crippen LogP contribution in [0.2, 0.25) is 5.15 Å². The van der Waals surface area contributed by atoms with Crippen molar-refractivity contribution < 1.29 is 4.79 Å². The first kappa shape index (κ1) is 13.7. The maximum Gasteiger partial charge on any atom is 0.253 e. The van der Waals surface area contributed by atoms with Crippen molar-refractivity contribution in [3.63, 3.8) is 0 Å². The number of nitrogens with one attached hydrogen (secondary N) is 1. The molecule has 2 heterocycles.